The summed E-state index contributed by atoms with van der Waals surface area (Å²) in [7, 11) is 1.69. The number of rotatable bonds is 5. The molecule has 3 nitrogen and oxygen atoms in total. The van der Waals surface area contributed by atoms with Crippen molar-refractivity contribution < 1.29 is 4.74 Å². The molecule has 3 aromatic rings. The molecule has 1 N–H and O–H groups in total. The Morgan fingerprint density at radius 1 is 1.05 bits per heavy atom. The Morgan fingerprint density at radius 2 is 1.77 bits per heavy atom. The van der Waals surface area contributed by atoms with E-state index >= 15 is 0 Å². The summed E-state index contributed by atoms with van der Waals surface area (Å²) in [6, 6.07) is 20.5. The van der Waals surface area contributed by atoms with Crippen molar-refractivity contribution in [2.75, 3.05) is 19.0 Å². The van der Waals surface area contributed by atoms with Gasteiger partial charge in [0.25, 0.3) is 0 Å². The van der Waals surface area contributed by atoms with Crippen LogP contribution in [0.4, 0.5) is 5.82 Å². The van der Waals surface area contributed by atoms with Crippen LogP contribution in [0.2, 0.25) is 0 Å². The number of nitrogens with zero attached hydrogens (tertiary/aromatic N) is 1. The summed E-state index contributed by atoms with van der Waals surface area (Å²) in [6.07, 6.45) is 0. The van der Waals surface area contributed by atoms with E-state index in [9.17, 15) is 0 Å². The Kier molecular flexibility index (Phi) is 4.24. The number of fused-ring (bicyclic) bond motifs is 1. The van der Waals surface area contributed by atoms with Gasteiger partial charge in [-0.2, -0.15) is 0 Å². The number of benzene rings is 2. The van der Waals surface area contributed by atoms with Gasteiger partial charge in [0.1, 0.15) is 11.6 Å². The molecule has 0 bridgehead atoms. The van der Waals surface area contributed by atoms with Gasteiger partial charge in [-0.15, -0.1) is 0 Å². The minimum atomic E-state index is 0.417. The predicted molar refractivity (Wildman–Crippen MR) is 91.6 cm³/mol. The Balaban J connectivity index is 1.79. The third kappa shape index (κ3) is 3.03. The van der Waals surface area contributed by atoms with E-state index in [4.69, 9.17) is 4.74 Å². The van der Waals surface area contributed by atoms with Crippen LogP contribution in [0.3, 0.4) is 0 Å². The zero-order chi connectivity index (χ0) is 15.4. The van der Waals surface area contributed by atoms with E-state index in [1.165, 1.54) is 5.56 Å². The van der Waals surface area contributed by atoms with Crippen LogP contribution in [0, 0.1) is 0 Å². The van der Waals surface area contributed by atoms with Gasteiger partial charge < -0.3 is 10.1 Å². The van der Waals surface area contributed by atoms with E-state index in [2.05, 4.69) is 41.5 Å². The quantitative estimate of drug-likeness (QED) is 0.754. The Hall–Kier alpha value is -2.55. The highest BCUT2D eigenvalue weighted by molar-refractivity contribution is 5.86. The first-order valence-corrected chi connectivity index (χ1v) is 7.50. The summed E-state index contributed by atoms with van der Waals surface area (Å²) in [4.78, 5) is 4.66. The molecule has 0 radical (unpaired) electrons. The van der Waals surface area contributed by atoms with Gasteiger partial charge in [-0.05, 0) is 23.6 Å². The number of methoxy groups -OCH3 is 1. The van der Waals surface area contributed by atoms with Crippen LogP contribution in [-0.2, 0) is 0 Å². The second kappa shape index (κ2) is 6.48. The number of para-hydroxylation sites is 1. The van der Waals surface area contributed by atoms with E-state index in [0.29, 0.717) is 5.92 Å². The van der Waals surface area contributed by atoms with Crippen LogP contribution in [-0.4, -0.2) is 18.6 Å². The lowest BCUT2D eigenvalue weighted by molar-refractivity contribution is 0.419. The molecule has 0 fully saturated rings. The third-order valence-electron chi connectivity index (χ3n) is 3.86. The Morgan fingerprint density at radius 3 is 2.55 bits per heavy atom. The van der Waals surface area contributed by atoms with Gasteiger partial charge in [0.15, 0.2) is 0 Å². The predicted octanol–water partition coefficient (Wildman–Crippen LogP) is 4.46. The number of pyridine rings is 1. The first-order valence-electron chi connectivity index (χ1n) is 7.50. The fraction of sp³-hybridized carbons (Fsp3) is 0.211. The van der Waals surface area contributed by atoms with Crippen LogP contribution >= 0.6 is 0 Å². The van der Waals surface area contributed by atoms with Gasteiger partial charge in [-0.1, -0.05) is 49.4 Å². The highest BCUT2D eigenvalue weighted by atomic mass is 16.5. The van der Waals surface area contributed by atoms with Crippen LogP contribution in [0.15, 0.2) is 60.7 Å². The summed E-state index contributed by atoms with van der Waals surface area (Å²) in [5, 5.41) is 4.45. The van der Waals surface area contributed by atoms with Crippen molar-refractivity contribution in [1.29, 1.82) is 0 Å². The van der Waals surface area contributed by atoms with E-state index in [-0.39, 0.29) is 0 Å². The number of aromatic nitrogens is 1. The van der Waals surface area contributed by atoms with E-state index in [0.717, 1.165) is 29.0 Å². The normalized spacial score (nSPS) is 12.1. The van der Waals surface area contributed by atoms with Crippen molar-refractivity contribution in [1.82, 2.24) is 4.98 Å². The molecule has 0 amide bonds. The third-order valence-corrected chi connectivity index (χ3v) is 3.86. The topological polar surface area (TPSA) is 34.1 Å². The highest BCUT2D eigenvalue weighted by Gasteiger charge is 2.08. The average molecular weight is 292 g/mol. The molecule has 1 unspecified atom stereocenters. The Labute approximate surface area is 131 Å². The van der Waals surface area contributed by atoms with Crippen molar-refractivity contribution >= 4 is 16.7 Å². The minimum Gasteiger partial charge on any atom is -0.496 e. The first-order chi connectivity index (χ1) is 10.8. The molecule has 0 aliphatic rings. The summed E-state index contributed by atoms with van der Waals surface area (Å²) in [5.74, 6) is 2.11. The molecule has 1 aromatic heterocycles. The molecule has 2 aromatic carbocycles. The molecule has 0 aliphatic heterocycles. The van der Waals surface area contributed by atoms with E-state index in [1.807, 2.05) is 36.4 Å². The number of ether oxygens (including phenoxy) is 1. The van der Waals surface area contributed by atoms with Gasteiger partial charge in [0.05, 0.1) is 12.6 Å². The molecule has 1 heterocycles. The minimum absolute atomic E-state index is 0.417. The molecule has 3 rings (SSSR count). The zero-order valence-electron chi connectivity index (χ0n) is 12.9. The lowest BCUT2D eigenvalue weighted by atomic mass is 10.0. The molecular formula is C19H20N2O. The van der Waals surface area contributed by atoms with Crippen molar-refractivity contribution in [3.8, 4) is 5.75 Å². The molecule has 0 aliphatic carbocycles. The Bertz CT molecular complexity index is 756. The lowest BCUT2D eigenvalue weighted by Crippen LogP contribution is -2.11. The van der Waals surface area contributed by atoms with Crippen molar-refractivity contribution in [3.63, 3.8) is 0 Å². The van der Waals surface area contributed by atoms with Gasteiger partial charge in [0, 0.05) is 18.0 Å². The molecule has 22 heavy (non-hydrogen) atoms. The molecule has 112 valence electrons. The number of hydrogen-bond donors (Lipinski definition) is 1. The fourth-order valence-corrected chi connectivity index (χ4v) is 2.56. The second-order valence-corrected chi connectivity index (χ2v) is 5.42. The summed E-state index contributed by atoms with van der Waals surface area (Å²) in [5.41, 5.74) is 2.26. The maximum atomic E-state index is 5.48. The molecule has 1 atom stereocenters. The van der Waals surface area contributed by atoms with Crippen molar-refractivity contribution in [3.05, 3.63) is 66.2 Å². The number of hydrogen-bond acceptors (Lipinski definition) is 3. The maximum Gasteiger partial charge on any atom is 0.131 e. The number of anilines is 1. The van der Waals surface area contributed by atoms with Crippen molar-refractivity contribution in [2.45, 2.75) is 12.8 Å². The van der Waals surface area contributed by atoms with Gasteiger partial charge >= 0.3 is 0 Å². The van der Waals surface area contributed by atoms with E-state index < -0.39 is 0 Å². The summed E-state index contributed by atoms with van der Waals surface area (Å²) < 4.78 is 5.48. The average Bonchev–Trinajstić information content (AvgIpc) is 2.59. The zero-order valence-corrected chi connectivity index (χ0v) is 12.9. The first kappa shape index (κ1) is 14.4. The standard InChI is InChI=1S/C19H20N2O/c1-14(15-8-4-3-5-9-15)13-20-19-12-18(22-2)16-10-6-7-11-17(16)21-19/h3-12,14H,13H2,1-2H3,(H,20,21). The highest BCUT2D eigenvalue weighted by Crippen LogP contribution is 2.27. The smallest absolute Gasteiger partial charge is 0.131 e. The second-order valence-electron chi connectivity index (χ2n) is 5.42. The van der Waals surface area contributed by atoms with Crippen LogP contribution < -0.4 is 10.1 Å². The van der Waals surface area contributed by atoms with Gasteiger partial charge in [-0.3, -0.25) is 0 Å². The summed E-state index contributed by atoms with van der Waals surface area (Å²) in [6.45, 7) is 3.04. The van der Waals surface area contributed by atoms with Gasteiger partial charge in [0.2, 0.25) is 0 Å². The summed E-state index contributed by atoms with van der Waals surface area (Å²) >= 11 is 0. The lowest BCUT2D eigenvalue weighted by Gasteiger charge is -2.15. The monoisotopic (exact) mass is 292 g/mol. The molecule has 0 saturated heterocycles. The van der Waals surface area contributed by atoms with Crippen LogP contribution in [0.5, 0.6) is 5.75 Å². The van der Waals surface area contributed by atoms with Crippen molar-refractivity contribution in [2.24, 2.45) is 0 Å². The molecule has 0 saturated carbocycles. The fourth-order valence-electron chi connectivity index (χ4n) is 2.56. The van der Waals surface area contributed by atoms with E-state index in [1.54, 1.807) is 7.11 Å². The van der Waals surface area contributed by atoms with Crippen LogP contribution in [0.25, 0.3) is 10.9 Å². The maximum absolute atomic E-state index is 5.48. The van der Waals surface area contributed by atoms with Gasteiger partial charge in [-0.25, -0.2) is 4.98 Å². The molecule has 0 spiro atoms. The SMILES string of the molecule is COc1cc(NCC(C)c2ccccc2)nc2ccccc12. The largest absolute Gasteiger partial charge is 0.496 e. The number of nitrogens with one attached hydrogen (secondary N) is 1. The van der Waals surface area contributed by atoms with Crippen LogP contribution in [0.1, 0.15) is 18.4 Å². The molecular weight excluding hydrogens is 272 g/mol. The molecule has 3 heteroatoms.